The van der Waals surface area contributed by atoms with Crippen LogP contribution in [-0.4, -0.2) is 11.1 Å². The third-order valence-electron chi connectivity index (χ3n) is 4.13. The Hall–Kier alpha value is -0.530. The van der Waals surface area contributed by atoms with E-state index in [1.807, 2.05) is 0 Å². The van der Waals surface area contributed by atoms with Gasteiger partial charge in [0.05, 0.1) is 6.42 Å². The molecule has 0 radical (unpaired) electrons. The average Bonchev–Trinajstić information content (AvgIpc) is 2.67. The molecule has 0 aromatic heterocycles. The Labute approximate surface area is 86.7 Å². The van der Waals surface area contributed by atoms with Crippen molar-refractivity contribution in [2.45, 2.75) is 58.8 Å². The van der Waals surface area contributed by atoms with Crippen LogP contribution in [0.4, 0.5) is 0 Å². The molecule has 14 heavy (non-hydrogen) atoms. The molecule has 0 unspecified atom stereocenters. The van der Waals surface area contributed by atoms with Crippen molar-refractivity contribution in [2.24, 2.45) is 11.3 Å². The zero-order chi connectivity index (χ0) is 10.6. The van der Waals surface area contributed by atoms with E-state index in [-0.39, 0.29) is 5.41 Å². The van der Waals surface area contributed by atoms with Crippen LogP contribution in [0, 0.1) is 11.3 Å². The summed E-state index contributed by atoms with van der Waals surface area (Å²) >= 11 is 0. The summed E-state index contributed by atoms with van der Waals surface area (Å²) in [5.41, 5.74) is 0.0856. The summed E-state index contributed by atoms with van der Waals surface area (Å²) in [7, 11) is 0. The van der Waals surface area contributed by atoms with E-state index < -0.39 is 5.97 Å². The molecule has 0 aliphatic heterocycles. The van der Waals surface area contributed by atoms with Crippen LogP contribution in [0.1, 0.15) is 58.8 Å². The molecule has 0 aromatic carbocycles. The lowest BCUT2D eigenvalue weighted by molar-refractivity contribution is -0.141. The molecule has 0 spiro atoms. The lowest BCUT2D eigenvalue weighted by Crippen LogP contribution is -2.30. The summed E-state index contributed by atoms with van der Waals surface area (Å²) in [6.45, 7) is 4.29. The maximum absolute atomic E-state index is 10.9. The normalized spacial score (nSPS) is 18.7. The standard InChI is InChI=1S/C12H22O2/c1-3-12(4-2,9-11(13)14)10-7-5-6-8-10/h10H,3-9H2,1-2H3,(H,13,14). The van der Waals surface area contributed by atoms with Crippen LogP contribution in [-0.2, 0) is 4.79 Å². The molecular formula is C12H22O2. The van der Waals surface area contributed by atoms with Gasteiger partial charge in [-0.25, -0.2) is 0 Å². The highest BCUT2D eigenvalue weighted by molar-refractivity contribution is 5.67. The van der Waals surface area contributed by atoms with E-state index in [1.54, 1.807) is 0 Å². The largest absolute Gasteiger partial charge is 0.481 e. The molecule has 1 saturated carbocycles. The SMILES string of the molecule is CCC(CC)(CC(=O)O)C1CCCC1. The first kappa shape index (κ1) is 11.5. The molecule has 1 aliphatic carbocycles. The molecule has 1 fully saturated rings. The van der Waals surface area contributed by atoms with Gasteiger partial charge in [-0.3, -0.25) is 4.79 Å². The number of hydrogen-bond donors (Lipinski definition) is 1. The van der Waals surface area contributed by atoms with Gasteiger partial charge in [-0.1, -0.05) is 26.7 Å². The zero-order valence-electron chi connectivity index (χ0n) is 9.38. The minimum atomic E-state index is -0.624. The number of carbonyl (C=O) groups is 1. The number of carboxylic acids is 1. The van der Waals surface area contributed by atoms with Gasteiger partial charge in [-0.05, 0) is 37.0 Å². The van der Waals surface area contributed by atoms with Crippen molar-refractivity contribution in [3.63, 3.8) is 0 Å². The lowest BCUT2D eigenvalue weighted by atomic mass is 9.68. The van der Waals surface area contributed by atoms with Crippen LogP contribution >= 0.6 is 0 Å². The summed E-state index contributed by atoms with van der Waals surface area (Å²) in [5.74, 6) is 0.0363. The highest BCUT2D eigenvalue weighted by Crippen LogP contribution is 2.46. The molecule has 1 aliphatic rings. The van der Waals surface area contributed by atoms with Gasteiger partial charge in [0, 0.05) is 0 Å². The molecule has 0 aromatic rings. The van der Waals surface area contributed by atoms with E-state index in [1.165, 1.54) is 25.7 Å². The summed E-state index contributed by atoms with van der Waals surface area (Å²) < 4.78 is 0. The van der Waals surface area contributed by atoms with E-state index in [0.717, 1.165) is 12.8 Å². The van der Waals surface area contributed by atoms with Crippen molar-refractivity contribution in [1.29, 1.82) is 0 Å². The first-order valence-electron chi connectivity index (χ1n) is 5.86. The predicted molar refractivity (Wildman–Crippen MR) is 57.2 cm³/mol. The van der Waals surface area contributed by atoms with E-state index in [9.17, 15) is 4.79 Å². The number of hydrogen-bond acceptors (Lipinski definition) is 1. The molecule has 1 rings (SSSR count). The number of rotatable bonds is 5. The maximum atomic E-state index is 10.9. The highest BCUT2D eigenvalue weighted by Gasteiger charge is 2.38. The molecular weight excluding hydrogens is 176 g/mol. The summed E-state index contributed by atoms with van der Waals surface area (Å²) in [6, 6.07) is 0. The average molecular weight is 198 g/mol. The van der Waals surface area contributed by atoms with Gasteiger partial charge >= 0.3 is 5.97 Å². The van der Waals surface area contributed by atoms with Gasteiger partial charge in [-0.15, -0.1) is 0 Å². The van der Waals surface area contributed by atoms with Crippen LogP contribution < -0.4 is 0 Å². The minimum absolute atomic E-state index is 0.0856. The van der Waals surface area contributed by atoms with Crippen molar-refractivity contribution in [2.75, 3.05) is 0 Å². The fourth-order valence-electron chi connectivity index (χ4n) is 3.06. The Morgan fingerprint density at radius 2 is 1.79 bits per heavy atom. The molecule has 0 heterocycles. The quantitative estimate of drug-likeness (QED) is 0.734. The second kappa shape index (κ2) is 4.81. The maximum Gasteiger partial charge on any atom is 0.303 e. The van der Waals surface area contributed by atoms with Gasteiger partial charge in [-0.2, -0.15) is 0 Å². The van der Waals surface area contributed by atoms with Crippen molar-refractivity contribution in [1.82, 2.24) is 0 Å². The Morgan fingerprint density at radius 1 is 1.29 bits per heavy atom. The summed E-state index contributed by atoms with van der Waals surface area (Å²) in [6.07, 6.45) is 7.48. The fraction of sp³-hybridized carbons (Fsp3) is 0.917. The topological polar surface area (TPSA) is 37.3 Å². The first-order valence-corrected chi connectivity index (χ1v) is 5.86. The van der Waals surface area contributed by atoms with Crippen molar-refractivity contribution < 1.29 is 9.90 Å². The molecule has 2 heteroatoms. The number of carboxylic acid groups (broad SMARTS) is 1. The Morgan fingerprint density at radius 3 is 2.14 bits per heavy atom. The van der Waals surface area contributed by atoms with Crippen LogP contribution in [0.3, 0.4) is 0 Å². The summed E-state index contributed by atoms with van der Waals surface area (Å²) in [4.78, 5) is 10.9. The van der Waals surface area contributed by atoms with Crippen LogP contribution in [0.25, 0.3) is 0 Å². The predicted octanol–water partition coefficient (Wildman–Crippen LogP) is 3.46. The third kappa shape index (κ3) is 2.28. The molecule has 0 amide bonds. The fourth-order valence-corrected chi connectivity index (χ4v) is 3.06. The minimum Gasteiger partial charge on any atom is -0.481 e. The monoisotopic (exact) mass is 198 g/mol. The van der Waals surface area contributed by atoms with E-state index >= 15 is 0 Å². The lowest BCUT2D eigenvalue weighted by Gasteiger charge is -2.36. The van der Waals surface area contributed by atoms with Gasteiger partial charge in [0.15, 0.2) is 0 Å². The molecule has 1 N–H and O–H groups in total. The van der Waals surface area contributed by atoms with E-state index in [4.69, 9.17) is 5.11 Å². The Balaban J connectivity index is 2.72. The van der Waals surface area contributed by atoms with Gasteiger partial charge in [0.1, 0.15) is 0 Å². The number of aliphatic carboxylic acids is 1. The van der Waals surface area contributed by atoms with Gasteiger partial charge < -0.3 is 5.11 Å². The Bertz CT molecular complexity index is 188. The van der Waals surface area contributed by atoms with Crippen molar-refractivity contribution >= 4 is 5.97 Å². The molecule has 0 atom stereocenters. The van der Waals surface area contributed by atoms with Gasteiger partial charge in [0.2, 0.25) is 0 Å². The first-order chi connectivity index (χ1) is 6.64. The second-order valence-electron chi connectivity index (χ2n) is 4.62. The second-order valence-corrected chi connectivity index (χ2v) is 4.62. The highest BCUT2D eigenvalue weighted by atomic mass is 16.4. The van der Waals surface area contributed by atoms with Crippen LogP contribution in [0.15, 0.2) is 0 Å². The molecule has 0 bridgehead atoms. The van der Waals surface area contributed by atoms with Crippen LogP contribution in [0.2, 0.25) is 0 Å². The van der Waals surface area contributed by atoms with Gasteiger partial charge in [0.25, 0.3) is 0 Å². The van der Waals surface area contributed by atoms with Crippen LogP contribution in [0.5, 0.6) is 0 Å². The molecule has 82 valence electrons. The molecule has 0 saturated heterocycles. The van der Waals surface area contributed by atoms with E-state index in [0.29, 0.717) is 12.3 Å². The summed E-state index contributed by atoms with van der Waals surface area (Å²) in [5, 5.41) is 8.97. The third-order valence-corrected chi connectivity index (χ3v) is 4.13. The van der Waals surface area contributed by atoms with Crippen molar-refractivity contribution in [3.8, 4) is 0 Å². The Kier molecular flexibility index (Phi) is 3.97. The molecule has 2 nitrogen and oxygen atoms in total. The smallest absolute Gasteiger partial charge is 0.303 e. The zero-order valence-corrected chi connectivity index (χ0v) is 9.38. The van der Waals surface area contributed by atoms with Crippen molar-refractivity contribution in [3.05, 3.63) is 0 Å². The van der Waals surface area contributed by atoms with E-state index in [2.05, 4.69) is 13.8 Å².